The van der Waals surface area contributed by atoms with Crippen LogP contribution in [0.25, 0.3) is 0 Å². The molecule has 1 aliphatic rings. The molecule has 1 aromatic heterocycles. The van der Waals surface area contributed by atoms with Crippen molar-refractivity contribution in [1.29, 1.82) is 0 Å². The van der Waals surface area contributed by atoms with Gasteiger partial charge in [0.05, 0.1) is 19.0 Å². The second kappa shape index (κ2) is 5.19. The SMILES string of the molecule is CCn1ncc(OC)c1C1CC(C)Nc2ccccc21. The minimum atomic E-state index is 0.333. The summed E-state index contributed by atoms with van der Waals surface area (Å²) >= 11 is 0. The molecule has 0 radical (unpaired) electrons. The molecule has 2 aromatic rings. The molecular formula is C16H21N3O. The number of ether oxygens (including phenoxy) is 1. The van der Waals surface area contributed by atoms with Crippen molar-refractivity contribution in [1.82, 2.24) is 9.78 Å². The second-order valence-electron chi connectivity index (χ2n) is 5.33. The molecule has 106 valence electrons. The highest BCUT2D eigenvalue weighted by molar-refractivity contribution is 5.58. The summed E-state index contributed by atoms with van der Waals surface area (Å²) < 4.78 is 7.58. The van der Waals surface area contributed by atoms with E-state index in [1.165, 1.54) is 16.9 Å². The van der Waals surface area contributed by atoms with E-state index in [4.69, 9.17) is 4.74 Å². The molecule has 20 heavy (non-hydrogen) atoms. The van der Waals surface area contributed by atoms with Gasteiger partial charge < -0.3 is 10.1 Å². The van der Waals surface area contributed by atoms with Crippen LogP contribution in [0.4, 0.5) is 5.69 Å². The molecule has 0 fully saturated rings. The van der Waals surface area contributed by atoms with Crippen molar-refractivity contribution in [2.45, 2.75) is 38.8 Å². The van der Waals surface area contributed by atoms with Crippen molar-refractivity contribution < 1.29 is 4.74 Å². The Balaban J connectivity index is 2.13. The predicted octanol–water partition coefficient (Wildman–Crippen LogP) is 3.25. The zero-order valence-electron chi connectivity index (χ0n) is 12.3. The maximum absolute atomic E-state index is 5.53. The van der Waals surface area contributed by atoms with E-state index in [-0.39, 0.29) is 0 Å². The van der Waals surface area contributed by atoms with Gasteiger partial charge in [-0.05, 0) is 31.9 Å². The number of methoxy groups -OCH3 is 1. The second-order valence-corrected chi connectivity index (χ2v) is 5.33. The summed E-state index contributed by atoms with van der Waals surface area (Å²) in [4.78, 5) is 0. The Morgan fingerprint density at radius 1 is 1.40 bits per heavy atom. The van der Waals surface area contributed by atoms with Gasteiger partial charge in [-0.3, -0.25) is 4.68 Å². The average molecular weight is 271 g/mol. The number of hydrogen-bond donors (Lipinski definition) is 1. The van der Waals surface area contributed by atoms with Crippen LogP contribution >= 0.6 is 0 Å². The van der Waals surface area contributed by atoms with Gasteiger partial charge in [0.1, 0.15) is 0 Å². The van der Waals surface area contributed by atoms with Crippen LogP contribution < -0.4 is 10.1 Å². The van der Waals surface area contributed by atoms with Gasteiger partial charge in [-0.1, -0.05) is 18.2 Å². The van der Waals surface area contributed by atoms with Crippen molar-refractivity contribution in [2.24, 2.45) is 0 Å². The van der Waals surface area contributed by atoms with Gasteiger partial charge in [-0.15, -0.1) is 0 Å². The maximum Gasteiger partial charge on any atom is 0.160 e. The zero-order valence-corrected chi connectivity index (χ0v) is 12.3. The first-order valence-corrected chi connectivity index (χ1v) is 7.19. The number of aryl methyl sites for hydroxylation is 1. The van der Waals surface area contributed by atoms with Gasteiger partial charge in [-0.25, -0.2) is 0 Å². The lowest BCUT2D eigenvalue weighted by molar-refractivity contribution is 0.401. The van der Waals surface area contributed by atoms with E-state index in [2.05, 4.69) is 53.2 Å². The van der Waals surface area contributed by atoms with Crippen molar-refractivity contribution in [3.63, 3.8) is 0 Å². The standard InChI is InChI=1S/C16H21N3O/c1-4-19-16(15(20-3)10-17-19)13-9-11(2)18-14-8-6-5-7-12(13)14/h5-8,10-11,13,18H,4,9H2,1-3H3. The molecule has 0 spiro atoms. The largest absolute Gasteiger partial charge is 0.493 e. The summed E-state index contributed by atoms with van der Waals surface area (Å²) in [5.74, 6) is 1.22. The predicted molar refractivity (Wildman–Crippen MR) is 80.4 cm³/mol. The highest BCUT2D eigenvalue weighted by atomic mass is 16.5. The topological polar surface area (TPSA) is 39.1 Å². The van der Waals surface area contributed by atoms with Crippen molar-refractivity contribution in [3.8, 4) is 5.75 Å². The Morgan fingerprint density at radius 2 is 2.20 bits per heavy atom. The average Bonchev–Trinajstić information content (AvgIpc) is 2.89. The fourth-order valence-corrected chi connectivity index (χ4v) is 3.13. The Morgan fingerprint density at radius 3 is 2.95 bits per heavy atom. The fraction of sp³-hybridized carbons (Fsp3) is 0.438. The molecule has 3 rings (SSSR count). The van der Waals surface area contributed by atoms with Crippen LogP contribution in [-0.2, 0) is 6.54 Å². The molecule has 4 heteroatoms. The summed E-state index contributed by atoms with van der Waals surface area (Å²) in [6.45, 7) is 5.20. The first kappa shape index (κ1) is 13.0. The molecule has 2 atom stereocenters. The van der Waals surface area contributed by atoms with Crippen LogP contribution in [-0.4, -0.2) is 22.9 Å². The molecule has 0 aliphatic carbocycles. The monoisotopic (exact) mass is 271 g/mol. The Kier molecular flexibility index (Phi) is 3.38. The summed E-state index contributed by atoms with van der Waals surface area (Å²) in [7, 11) is 1.72. The number of hydrogen-bond acceptors (Lipinski definition) is 3. The van der Waals surface area contributed by atoms with Crippen LogP contribution in [0.3, 0.4) is 0 Å². The van der Waals surface area contributed by atoms with Crippen molar-refractivity contribution in [3.05, 3.63) is 41.7 Å². The normalized spacial score (nSPS) is 21.1. The molecule has 2 heterocycles. The molecule has 4 nitrogen and oxygen atoms in total. The summed E-state index contributed by atoms with van der Waals surface area (Å²) in [6.07, 6.45) is 2.88. The number of fused-ring (bicyclic) bond motifs is 1. The number of aromatic nitrogens is 2. The van der Waals surface area contributed by atoms with Crippen molar-refractivity contribution >= 4 is 5.69 Å². The number of nitrogens with one attached hydrogen (secondary N) is 1. The van der Waals surface area contributed by atoms with Crippen LogP contribution in [0.2, 0.25) is 0 Å². The lowest BCUT2D eigenvalue weighted by atomic mass is 9.85. The third-order valence-corrected chi connectivity index (χ3v) is 4.02. The highest BCUT2D eigenvalue weighted by Gasteiger charge is 2.30. The van der Waals surface area contributed by atoms with Crippen LogP contribution in [0, 0.1) is 0 Å². The zero-order chi connectivity index (χ0) is 14.1. The van der Waals surface area contributed by atoms with Crippen LogP contribution in [0.1, 0.15) is 37.4 Å². The molecule has 0 saturated heterocycles. The number of benzene rings is 1. The lowest BCUT2D eigenvalue weighted by Gasteiger charge is -2.32. The van der Waals surface area contributed by atoms with E-state index in [0.717, 1.165) is 18.7 Å². The van der Waals surface area contributed by atoms with E-state index in [0.29, 0.717) is 12.0 Å². The number of rotatable bonds is 3. The number of anilines is 1. The molecule has 0 amide bonds. The molecule has 0 bridgehead atoms. The van der Waals surface area contributed by atoms with E-state index < -0.39 is 0 Å². The van der Waals surface area contributed by atoms with Gasteiger partial charge in [0.25, 0.3) is 0 Å². The van der Waals surface area contributed by atoms with E-state index >= 15 is 0 Å². The van der Waals surface area contributed by atoms with Gasteiger partial charge >= 0.3 is 0 Å². The first-order valence-electron chi connectivity index (χ1n) is 7.19. The Bertz CT molecular complexity index is 584. The van der Waals surface area contributed by atoms with Gasteiger partial charge in [0, 0.05) is 24.2 Å². The summed E-state index contributed by atoms with van der Waals surface area (Å²) in [5.41, 5.74) is 3.75. The summed E-state index contributed by atoms with van der Waals surface area (Å²) in [6, 6.07) is 8.97. The minimum Gasteiger partial charge on any atom is -0.493 e. The quantitative estimate of drug-likeness (QED) is 0.931. The number of para-hydroxylation sites is 1. The van der Waals surface area contributed by atoms with Gasteiger partial charge in [0.15, 0.2) is 5.75 Å². The third-order valence-electron chi connectivity index (χ3n) is 4.02. The molecule has 1 aromatic carbocycles. The van der Waals surface area contributed by atoms with E-state index in [1.54, 1.807) is 7.11 Å². The van der Waals surface area contributed by atoms with Crippen LogP contribution in [0.15, 0.2) is 30.5 Å². The van der Waals surface area contributed by atoms with Gasteiger partial charge in [0.2, 0.25) is 0 Å². The first-order chi connectivity index (χ1) is 9.74. The van der Waals surface area contributed by atoms with E-state index in [9.17, 15) is 0 Å². The molecule has 2 unspecified atom stereocenters. The van der Waals surface area contributed by atoms with Crippen LogP contribution in [0.5, 0.6) is 5.75 Å². The molecular weight excluding hydrogens is 250 g/mol. The smallest absolute Gasteiger partial charge is 0.160 e. The number of nitrogens with zero attached hydrogens (tertiary/aromatic N) is 2. The van der Waals surface area contributed by atoms with Gasteiger partial charge in [-0.2, -0.15) is 5.10 Å². The fourth-order valence-electron chi connectivity index (χ4n) is 3.13. The molecule has 1 N–H and O–H groups in total. The molecule has 0 saturated carbocycles. The van der Waals surface area contributed by atoms with Crippen molar-refractivity contribution in [2.75, 3.05) is 12.4 Å². The summed E-state index contributed by atoms with van der Waals surface area (Å²) in [5, 5.41) is 8.01. The molecule has 1 aliphatic heterocycles. The Labute approximate surface area is 119 Å². The highest BCUT2D eigenvalue weighted by Crippen LogP contribution is 2.41. The Hall–Kier alpha value is -1.97. The maximum atomic E-state index is 5.53. The lowest BCUT2D eigenvalue weighted by Crippen LogP contribution is -2.27. The third kappa shape index (κ3) is 2.05. The minimum absolute atomic E-state index is 0.333. The van der Waals surface area contributed by atoms with E-state index in [1.807, 2.05) is 6.20 Å².